The van der Waals surface area contributed by atoms with Crippen LogP contribution >= 0.6 is 15.9 Å². The molecule has 3 N–H and O–H groups in total. The number of halogens is 1. The Labute approximate surface area is 126 Å². The molecule has 2 aromatic rings. The van der Waals surface area contributed by atoms with Gasteiger partial charge in [0.15, 0.2) is 0 Å². The molecule has 1 amide bonds. The number of aryl methyl sites for hydroxylation is 1. The maximum absolute atomic E-state index is 12.2. The van der Waals surface area contributed by atoms with Crippen molar-refractivity contribution in [2.24, 2.45) is 0 Å². The Morgan fingerprint density at radius 1 is 1.40 bits per heavy atom. The minimum Gasteiger partial charge on any atom is -0.399 e. The summed E-state index contributed by atoms with van der Waals surface area (Å²) in [6, 6.07) is 9.17. The van der Waals surface area contributed by atoms with Crippen molar-refractivity contribution in [2.45, 2.75) is 19.8 Å². The predicted molar refractivity (Wildman–Crippen MR) is 84.6 cm³/mol. The lowest BCUT2D eigenvalue weighted by Crippen LogP contribution is -2.19. The number of rotatable bonds is 3. The van der Waals surface area contributed by atoms with Gasteiger partial charge < -0.3 is 11.1 Å². The first-order chi connectivity index (χ1) is 9.47. The molecule has 20 heavy (non-hydrogen) atoms. The molecule has 0 aliphatic carbocycles. The van der Waals surface area contributed by atoms with Crippen LogP contribution in [-0.4, -0.2) is 10.9 Å². The standard InChI is InChI=1S/C15H16BrN3O/c1-9-6-14(18-8-13(9)16)19-15(20)10(2)11-4-3-5-12(17)7-11/h3-8,10H,17H2,1-2H3,(H,18,19,20). The second kappa shape index (κ2) is 6.05. The first kappa shape index (κ1) is 14.5. The van der Waals surface area contributed by atoms with E-state index in [0.29, 0.717) is 11.5 Å². The van der Waals surface area contributed by atoms with Gasteiger partial charge in [0.25, 0.3) is 0 Å². The second-order valence-corrected chi connectivity index (χ2v) is 5.55. The SMILES string of the molecule is Cc1cc(NC(=O)C(C)c2cccc(N)c2)ncc1Br. The number of pyridine rings is 1. The molecule has 104 valence electrons. The molecule has 0 bridgehead atoms. The Kier molecular flexibility index (Phi) is 4.39. The summed E-state index contributed by atoms with van der Waals surface area (Å²) < 4.78 is 0.916. The number of anilines is 2. The summed E-state index contributed by atoms with van der Waals surface area (Å²) in [5.41, 5.74) is 8.29. The molecule has 0 saturated carbocycles. The molecule has 1 atom stereocenters. The van der Waals surface area contributed by atoms with Crippen LogP contribution in [0, 0.1) is 6.92 Å². The van der Waals surface area contributed by atoms with Crippen molar-refractivity contribution >= 4 is 33.3 Å². The van der Waals surface area contributed by atoms with E-state index in [1.807, 2.05) is 38.1 Å². The van der Waals surface area contributed by atoms with Gasteiger partial charge in [-0.2, -0.15) is 0 Å². The smallest absolute Gasteiger partial charge is 0.232 e. The highest BCUT2D eigenvalue weighted by atomic mass is 79.9. The Balaban J connectivity index is 2.13. The van der Waals surface area contributed by atoms with Crippen LogP contribution in [0.5, 0.6) is 0 Å². The van der Waals surface area contributed by atoms with Gasteiger partial charge in [0.2, 0.25) is 5.91 Å². The second-order valence-electron chi connectivity index (χ2n) is 4.70. The van der Waals surface area contributed by atoms with Crippen LogP contribution in [0.25, 0.3) is 0 Å². The van der Waals surface area contributed by atoms with Crippen molar-refractivity contribution in [1.29, 1.82) is 0 Å². The highest BCUT2D eigenvalue weighted by molar-refractivity contribution is 9.10. The average molecular weight is 334 g/mol. The van der Waals surface area contributed by atoms with Gasteiger partial charge in [0.05, 0.1) is 5.92 Å². The quantitative estimate of drug-likeness (QED) is 0.845. The first-order valence-electron chi connectivity index (χ1n) is 6.26. The number of amides is 1. The van der Waals surface area contributed by atoms with Gasteiger partial charge in [-0.25, -0.2) is 4.98 Å². The summed E-state index contributed by atoms with van der Waals surface area (Å²) in [7, 11) is 0. The molecule has 0 aliphatic rings. The highest BCUT2D eigenvalue weighted by Crippen LogP contribution is 2.21. The summed E-state index contributed by atoms with van der Waals surface area (Å²) in [6.07, 6.45) is 1.68. The van der Waals surface area contributed by atoms with Crippen LogP contribution in [0.15, 0.2) is 41.0 Å². The Morgan fingerprint density at radius 2 is 2.15 bits per heavy atom. The zero-order valence-corrected chi connectivity index (χ0v) is 12.9. The molecule has 4 nitrogen and oxygen atoms in total. The first-order valence-corrected chi connectivity index (χ1v) is 7.05. The number of hydrogen-bond acceptors (Lipinski definition) is 3. The van der Waals surface area contributed by atoms with Crippen molar-refractivity contribution in [2.75, 3.05) is 11.1 Å². The third-order valence-electron chi connectivity index (χ3n) is 3.10. The number of nitrogens with two attached hydrogens (primary N) is 1. The molecule has 0 saturated heterocycles. The lowest BCUT2D eigenvalue weighted by molar-refractivity contribution is -0.117. The summed E-state index contributed by atoms with van der Waals surface area (Å²) in [5.74, 6) is 0.153. The molecule has 0 fully saturated rings. The van der Waals surface area contributed by atoms with Crippen molar-refractivity contribution in [3.8, 4) is 0 Å². The van der Waals surface area contributed by atoms with Gasteiger partial charge in [-0.05, 0) is 59.1 Å². The molecule has 1 aromatic carbocycles. The Hall–Kier alpha value is -1.88. The maximum Gasteiger partial charge on any atom is 0.232 e. The number of benzene rings is 1. The molecule has 0 aliphatic heterocycles. The number of carbonyl (C=O) groups excluding carboxylic acids is 1. The van der Waals surface area contributed by atoms with Crippen LogP contribution < -0.4 is 11.1 Å². The fourth-order valence-electron chi connectivity index (χ4n) is 1.82. The van der Waals surface area contributed by atoms with E-state index in [9.17, 15) is 4.79 Å². The fourth-order valence-corrected chi connectivity index (χ4v) is 2.04. The minimum absolute atomic E-state index is 0.107. The molecular formula is C15H16BrN3O. The summed E-state index contributed by atoms with van der Waals surface area (Å²) in [4.78, 5) is 16.4. The number of nitrogens with one attached hydrogen (secondary N) is 1. The average Bonchev–Trinajstić information content (AvgIpc) is 2.42. The van der Waals surface area contributed by atoms with Gasteiger partial charge in [-0.3, -0.25) is 4.79 Å². The molecule has 2 rings (SSSR count). The van der Waals surface area contributed by atoms with E-state index in [-0.39, 0.29) is 11.8 Å². The van der Waals surface area contributed by atoms with Gasteiger partial charge in [-0.15, -0.1) is 0 Å². The van der Waals surface area contributed by atoms with Gasteiger partial charge in [0, 0.05) is 16.4 Å². The van der Waals surface area contributed by atoms with E-state index in [1.165, 1.54) is 0 Å². The molecule has 0 spiro atoms. The van der Waals surface area contributed by atoms with Crippen LogP contribution in [0.2, 0.25) is 0 Å². The van der Waals surface area contributed by atoms with Gasteiger partial charge in [0.1, 0.15) is 5.82 Å². The molecule has 1 aromatic heterocycles. The van der Waals surface area contributed by atoms with E-state index in [2.05, 4.69) is 26.2 Å². The third kappa shape index (κ3) is 3.36. The zero-order valence-electron chi connectivity index (χ0n) is 11.4. The molecular weight excluding hydrogens is 318 g/mol. The van der Waals surface area contributed by atoms with Gasteiger partial charge in [-0.1, -0.05) is 12.1 Å². The number of aromatic nitrogens is 1. The van der Waals surface area contributed by atoms with E-state index >= 15 is 0 Å². The van der Waals surface area contributed by atoms with E-state index in [4.69, 9.17) is 5.73 Å². The van der Waals surface area contributed by atoms with Crippen LogP contribution in [0.1, 0.15) is 24.0 Å². The number of nitrogens with zero attached hydrogens (tertiary/aromatic N) is 1. The van der Waals surface area contributed by atoms with Crippen molar-refractivity contribution in [3.63, 3.8) is 0 Å². The van der Waals surface area contributed by atoms with Crippen molar-refractivity contribution in [1.82, 2.24) is 4.98 Å². The topological polar surface area (TPSA) is 68.0 Å². The molecule has 5 heteroatoms. The van der Waals surface area contributed by atoms with E-state index in [1.54, 1.807) is 12.3 Å². The van der Waals surface area contributed by atoms with Crippen LogP contribution in [0.4, 0.5) is 11.5 Å². The van der Waals surface area contributed by atoms with E-state index in [0.717, 1.165) is 15.6 Å². The number of nitrogen functional groups attached to an aromatic ring is 1. The molecule has 1 unspecified atom stereocenters. The number of carbonyl (C=O) groups is 1. The van der Waals surface area contributed by atoms with Crippen LogP contribution in [0.3, 0.4) is 0 Å². The Morgan fingerprint density at radius 3 is 2.80 bits per heavy atom. The monoisotopic (exact) mass is 333 g/mol. The van der Waals surface area contributed by atoms with Crippen LogP contribution in [-0.2, 0) is 4.79 Å². The van der Waals surface area contributed by atoms with Gasteiger partial charge >= 0.3 is 0 Å². The van der Waals surface area contributed by atoms with Crippen molar-refractivity contribution < 1.29 is 4.79 Å². The van der Waals surface area contributed by atoms with Crippen molar-refractivity contribution in [3.05, 3.63) is 52.1 Å². The summed E-state index contributed by atoms with van der Waals surface area (Å²) >= 11 is 3.38. The summed E-state index contributed by atoms with van der Waals surface area (Å²) in [6.45, 7) is 3.79. The largest absolute Gasteiger partial charge is 0.399 e. The maximum atomic E-state index is 12.2. The zero-order chi connectivity index (χ0) is 14.7. The van der Waals surface area contributed by atoms with E-state index < -0.39 is 0 Å². The third-order valence-corrected chi connectivity index (χ3v) is 3.93. The molecule has 1 heterocycles. The summed E-state index contributed by atoms with van der Waals surface area (Å²) in [5, 5.41) is 2.82. The number of hydrogen-bond donors (Lipinski definition) is 2. The minimum atomic E-state index is -0.288. The highest BCUT2D eigenvalue weighted by Gasteiger charge is 2.16. The predicted octanol–water partition coefficient (Wildman–Crippen LogP) is 3.48. The molecule has 0 radical (unpaired) electrons. The fraction of sp³-hybridized carbons (Fsp3) is 0.200. The lowest BCUT2D eigenvalue weighted by atomic mass is 10.00. The Bertz CT molecular complexity index is 643. The normalized spacial score (nSPS) is 11.9. The lowest BCUT2D eigenvalue weighted by Gasteiger charge is -2.13.